The van der Waals surface area contributed by atoms with Crippen molar-refractivity contribution in [1.29, 1.82) is 0 Å². The summed E-state index contributed by atoms with van der Waals surface area (Å²) in [5.41, 5.74) is 0. The van der Waals surface area contributed by atoms with E-state index in [9.17, 15) is 0 Å². The quantitative estimate of drug-likeness (QED) is 0.377. The van der Waals surface area contributed by atoms with Gasteiger partial charge in [-0.25, -0.2) is 0 Å². The number of hydrogen-bond donors (Lipinski definition) is 0. The van der Waals surface area contributed by atoms with Gasteiger partial charge in [-0.05, 0) is 0 Å². The van der Waals surface area contributed by atoms with Gasteiger partial charge in [-0.15, -0.1) is 0 Å². The first-order valence-corrected chi connectivity index (χ1v) is 2.52. The Hall–Kier alpha value is 0.362. The summed E-state index contributed by atoms with van der Waals surface area (Å²) >= 11 is 4.81. The molecule has 0 radical (unpaired) electrons. The van der Waals surface area contributed by atoms with Gasteiger partial charge in [0.15, 0.2) is 0 Å². The van der Waals surface area contributed by atoms with E-state index in [0.29, 0.717) is 0 Å². The first-order valence-electron chi connectivity index (χ1n) is 2.11. The summed E-state index contributed by atoms with van der Waals surface area (Å²) in [5.74, 6) is 0. The first-order chi connectivity index (χ1) is 3.39. The minimum atomic E-state index is 0. The molecule has 0 aromatic heterocycles. The second-order valence-corrected chi connectivity index (χ2v) is 1.78. The van der Waals surface area contributed by atoms with Crippen molar-refractivity contribution >= 4 is 12.6 Å². The molecule has 0 bridgehead atoms. The molecule has 0 saturated heterocycles. The molecule has 2 heteroatoms. The Labute approximate surface area is 82.2 Å². The molecule has 0 spiro atoms. The molecule has 0 nitrogen and oxygen atoms in total. The van der Waals surface area contributed by atoms with E-state index in [-0.39, 0.29) is 34.7 Å². The third-order valence-electron chi connectivity index (χ3n) is 0.743. The van der Waals surface area contributed by atoms with Crippen LogP contribution in [-0.4, -0.2) is 0 Å². The van der Waals surface area contributed by atoms with E-state index in [0.717, 1.165) is 4.90 Å². The van der Waals surface area contributed by atoms with Crippen molar-refractivity contribution in [3.63, 3.8) is 0 Å². The van der Waals surface area contributed by atoms with Gasteiger partial charge in [0.05, 0.1) is 0 Å². The molecular weight excluding hydrogens is 229 g/mol. The normalized spacial score (nSPS) is 6.67. The smallest absolute Gasteiger partial charge is 0.780 e. The SMILES string of the molecule is [CH3-].[Cd+2].[S-]c1ccccc1. The van der Waals surface area contributed by atoms with E-state index < -0.39 is 0 Å². The molecule has 0 aliphatic carbocycles. The average Bonchev–Trinajstić information content (AvgIpc) is 1.69. The molecule has 1 rings (SSSR count). The summed E-state index contributed by atoms with van der Waals surface area (Å²) in [6.07, 6.45) is 0. The zero-order chi connectivity index (χ0) is 5.11. The van der Waals surface area contributed by atoms with Crippen LogP contribution in [-0.2, 0) is 39.9 Å². The monoisotopic (exact) mass is 238 g/mol. The van der Waals surface area contributed by atoms with Crippen LogP contribution in [0, 0.1) is 7.43 Å². The zero-order valence-electron chi connectivity index (χ0n) is 5.50. The van der Waals surface area contributed by atoms with Crippen molar-refractivity contribution < 1.29 is 27.3 Å². The topological polar surface area (TPSA) is 0 Å². The third kappa shape index (κ3) is 4.84. The first kappa shape index (κ1) is 12.1. The fourth-order valence-electron chi connectivity index (χ4n) is 0.420. The van der Waals surface area contributed by atoms with Crippen molar-refractivity contribution in [1.82, 2.24) is 0 Å². The molecule has 44 valence electrons. The Balaban J connectivity index is 0. The molecule has 9 heavy (non-hydrogen) atoms. The van der Waals surface area contributed by atoms with Gasteiger partial charge in [-0.2, -0.15) is 4.90 Å². The van der Waals surface area contributed by atoms with Crippen molar-refractivity contribution in [3.05, 3.63) is 37.8 Å². The molecular formula is C7H8CdS. The van der Waals surface area contributed by atoms with E-state index in [1.165, 1.54) is 0 Å². The summed E-state index contributed by atoms with van der Waals surface area (Å²) in [5, 5.41) is 0. The Morgan fingerprint density at radius 2 is 1.44 bits per heavy atom. The number of benzene rings is 1. The molecule has 0 atom stereocenters. The van der Waals surface area contributed by atoms with Crippen LogP contribution in [0.4, 0.5) is 0 Å². The maximum Gasteiger partial charge on any atom is 2.00 e. The fourth-order valence-corrected chi connectivity index (χ4v) is 0.578. The summed E-state index contributed by atoms with van der Waals surface area (Å²) in [6, 6.07) is 9.62. The van der Waals surface area contributed by atoms with Gasteiger partial charge in [-0.1, -0.05) is 30.3 Å². The van der Waals surface area contributed by atoms with Crippen molar-refractivity contribution in [2.24, 2.45) is 0 Å². The predicted octanol–water partition coefficient (Wildman–Crippen LogP) is 2.04. The van der Waals surface area contributed by atoms with Crippen molar-refractivity contribution in [3.8, 4) is 0 Å². The number of hydrogen-bond acceptors (Lipinski definition) is 1. The van der Waals surface area contributed by atoms with E-state index in [1.54, 1.807) is 0 Å². The summed E-state index contributed by atoms with van der Waals surface area (Å²) < 4.78 is 0. The molecule has 0 unspecified atom stereocenters. The van der Waals surface area contributed by atoms with Gasteiger partial charge in [0, 0.05) is 0 Å². The molecule has 0 saturated carbocycles. The van der Waals surface area contributed by atoms with Gasteiger partial charge in [0.25, 0.3) is 0 Å². The van der Waals surface area contributed by atoms with E-state index in [1.807, 2.05) is 30.3 Å². The minimum absolute atomic E-state index is 0. The second kappa shape index (κ2) is 6.48. The van der Waals surface area contributed by atoms with E-state index >= 15 is 0 Å². The molecule has 0 aliphatic rings. The Morgan fingerprint density at radius 1 is 1.00 bits per heavy atom. The fraction of sp³-hybridized carbons (Fsp3) is 0. The van der Waals surface area contributed by atoms with Crippen LogP contribution in [0.1, 0.15) is 0 Å². The maximum atomic E-state index is 4.81. The summed E-state index contributed by atoms with van der Waals surface area (Å²) in [7, 11) is 0. The largest absolute Gasteiger partial charge is 2.00 e. The van der Waals surface area contributed by atoms with Crippen LogP contribution >= 0.6 is 0 Å². The molecule has 0 aliphatic heterocycles. The van der Waals surface area contributed by atoms with E-state index in [4.69, 9.17) is 12.6 Å². The Morgan fingerprint density at radius 3 is 1.67 bits per heavy atom. The second-order valence-electron chi connectivity index (χ2n) is 1.31. The van der Waals surface area contributed by atoms with Crippen LogP contribution in [0.25, 0.3) is 0 Å². The van der Waals surface area contributed by atoms with Gasteiger partial charge in [-0.3, -0.25) is 0 Å². The maximum absolute atomic E-state index is 4.81. The molecule has 0 amide bonds. The molecule has 0 fully saturated rings. The predicted molar refractivity (Wildman–Crippen MR) is 38.5 cm³/mol. The van der Waals surface area contributed by atoms with Gasteiger partial charge in [0.2, 0.25) is 0 Å². The van der Waals surface area contributed by atoms with Crippen molar-refractivity contribution in [2.45, 2.75) is 4.90 Å². The van der Waals surface area contributed by atoms with Crippen LogP contribution in [0.3, 0.4) is 0 Å². The third-order valence-corrected chi connectivity index (χ3v) is 1.02. The standard InChI is InChI=1S/C6H6S.CH3.Cd/c7-6-4-2-1-3-5-6;;/h1-5,7H;1H3;/q;-1;+2/p-1. The van der Waals surface area contributed by atoms with Gasteiger partial charge in [0.1, 0.15) is 0 Å². The molecule has 1 aromatic rings. The molecule has 0 heterocycles. The van der Waals surface area contributed by atoms with Gasteiger partial charge < -0.3 is 20.1 Å². The molecule has 1 aromatic carbocycles. The average molecular weight is 237 g/mol. The molecule has 0 N–H and O–H groups in total. The van der Waals surface area contributed by atoms with Crippen LogP contribution in [0.5, 0.6) is 0 Å². The van der Waals surface area contributed by atoms with Crippen LogP contribution in [0.2, 0.25) is 0 Å². The number of rotatable bonds is 0. The van der Waals surface area contributed by atoms with Gasteiger partial charge >= 0.3 is 27.3 Å². The summed E-state index contributed by atoms with van der Waals surface area (Å²) in [6.45, 7) is 0. The Bertz CT molecular complexity index is 139. The van der Waals surface area contributed by atoms with Crippen LogP contribution < -0.4 is 0 Å². The summed E-state index contributed by atoms with van der Waals surface area (Å²) in [4.78, 5) is 0.905. The van der Waals surface area contributed by atoms with E-state index in [2.05, 4.69) is 0 Å². The van der Waals surface area contributed by atoms with Crippen molar-refractivity contribution in [2.75, 3.05) is 0 Å². The minimum Gasteiger partial charge on any atom is -0.780 e. The zero-order valence-corrected chi connectivity index (χ0v) is 10.4. The van der Waals surface area contributed by atoms with Crippen LogP contribution in [0.15, 0.2) is 35.2 Å². The Kier molecular flexibility index (Phi) is 8.70.